The van der Waals surface area contributed by atoms with Crippen molar-refractivity contribution in [2.24, 2.45) is 0 Å². The first-order chi connectivity index (χ1) is 9.24. The summed E-state index contributed by atoms with van der Waals surface area (Å²) in [4.78, 5) is 0. The number of fused-ring (bicyclic) bond motifs is 1. The molecule has 2 unspecified atom stereocenters. The van der Waals surface area contributed by atoms with Gasteiger partial charge in [-0.15, -0.1) is 0 Å². The van der Waals surface area contributed by atoms with E-state index in [1.807, 2.05) is 0 Å². The molecule has 3 nitrogen and oxygen atoms in total. The Balaban J connectivity index is 1.83. The number of rotatable bonds is 2. The van der Waals surface area contributed by atoms with Crippen LogP contribution in [0, 0.1) is 0 Å². The molecule has 0 bridgehead atoms. The highest BCUT2D eigenvalue weighted by atomic mass is 16.5. The maximum atomic E-state index is 6.39. The second-order valence-electron chi connectivity index (χ2n) is 5.77. The Morgan fingerprint density at radius 1 is 1.42 bits per heavy atom. The number of benzene rings is 1. The van der Waals surface area contributed by atoms with Crippen LogP contribution in [-0.2, 0) is 17.6 Å². The van der Waals surface area contributed by atoms with Crippen LogP contribution in [-0.4, -0.2) is 31.9 Å². The SMILES string of the molecule is CCC1CNCC2(CCc3ccc(OC)cc3C2)O1. The summed E-state index contributed by atoms with van der Waals surface area (Å²) in [5, 5.41) is 3.55. The number of ether oxygens (including phenoxy) is 2. The van der Waals surface area contributed by atoms with Crippen molar-refractivity contribution < 1.29 is 9.47 Å². The fourth-order valence-corrected chi connectivity index (χ4v) is 3.31. The Hall–Kier alpha value is -1.06. The molecule has 3 rings (SSSR count). The van der Waals surface area contributed by atoms with Gasteiger partial charge in [0.05, 0.1) is 18.8 Å². The average Bonchev–Trinajstić information content (AvgIpc) is 2.46. The van der Waals surface area contributed by atoms with Crippen molar-refractivity contribution in [3.63, 3.8) is 0 Å². The van der Waals surface area contributed by atoms with Gasteiger partial charge in [-0.05, 0) is 42.5 Å². The summed E-state index contributed by atoms with van der Waals surface area (Å²) in [5.74, 6) is 0.951. The van der Waals surface area contributed by atoms with Crippen molar-refractivity contribution in [3.8, 4) is 5.75 Å². The summed E-state index contributed by atoms with van der Waals surface area (Å²) in [6, 6.07) is 6.44. The fraction of sp³-hybridized carbons (Fsp3) is 0.625. The lowest BCUT2D eigenvalue weighted by atomic mass is 9.79. The first-order valence-electron chi connectivity index (χ1n) is 7.29. The van der Waals surface area contributed by atoms with E-state index in [1.54, 1.807) is 7.11 Å². The van der Waals surface area contributed by atoms with E-state index in [9.17, 15) is 0 Å². The Morgan fingerprint density at radius 3 is 3.11 bits per heavy atom. The monoisotopic (exact) mass is 261 g/mol. The van der Waals surface area contributed by atoms with Gasteiger partial charge in [0.1, 0.15) is 5.75 Å². The molecular formula is C16H23NO2. The van der Waals surface area contributed by atoms with Crippen molar-refractivity contribution in [1.82, 2.24) is 5.32 Å². The van der Waals surface area contributed by atoms with Gasteiger partial charge < -0.3 is 14.8 Å². The Morgan fingerprint density at radius 2 is 2.32 bits per heavy atom. The third-order valence-electron chi connectivity index (χ3n) is 4.47. The summed E-state index contributed by atoms with van der Waals surface area (Å²) in [6.07, 6.45) is 4.68. The molecule has 1 N–H and O–H groups in total. The first kappa shape index (κ1) is 12.9. The van der Waals surface area contributed by atoms with Gasteiger partial charge in [0.2, 0.25) is 0 Å². The van der Waals surface area contributed by atoms with Crippen LogP contribution in [0.3, 0.4) is 0 Å². The third kappa shape index (κ3) is 2.49. The molecule has 1 aromatic carbocycles. The molecule has 1 aliphatic heterocycles. The molecule has 1 heterocycles. The largest absolute Gasteiger partial charge is 0.497 e. The number of morpholine rings is 1. The lowest BCUT2D eigenvalue weighted by molar-refractivity contribution is -0.123. The molecule has 1 fully saturated rings. The molecular weight excluding hydrogens is 238 g/mol. The van der Waals surface area contributed by atoms with Gasteiger partial charge in [-0.3, -0.25) is 0 Å². The van der Waals surface area contributed by atoms with E-state index in [4.69, 9.17) is 9.47 Å². The minimum Gasteiger partial charge on any atom is -0.497 e. The second kappa shape index (κ2) is 5.14. The molecule has 19 heavy (non-hydrogen) atoms. The molecule has 1 spiro atoms. The van der Waals surface area contributed by atoms with Gasteiger partial charge in [0.15, 0.2) is 0 Å². The number of methoxy groups -OCH3 is 1. The van der Waals surface area contributed by atoms with Crippen molar-refractivity contribution in [3.05, 3.63) is 29.3 Å². The minimum absolute atomic E-state index is 0.00170. The van der Waals surface area contributed by atoms with E-state index in [-0.39, 0.29) is 5.60 Å². The first-order valence-corrected chi connectivity index (χ1v) is 7.29. The Bertz CT molecular complexity index is 460. The summed E-state index contributed by atoms with van der Waals surface area (Å²) in [5.41, 5.74) is 2.84. The van der Waals surface area contributed by atoms with Crippen LogP contribution in [0.25, 0.3) is 0 Å². The summed E-state index contributed by atoms with van der Waals surface area (Å²) >= 11 is 0. The zero-order chi connectivity index (χ0) is 13.3. The molecule has 3 heteroatoms. The molecule has 2 aliphatic rings. The number of aryl methyl sites for hydroxylation is 1. The highest BCUT2D eigenvalue weighted by Gasteiger charge is 2.39. The molecule has 0 radical (unpaired) electrons. The topological polar surface area (TPSA) is 30.5 Å². The van der Waals surface area contributed by atoms with E-state index in [0.29, 0.717) is 6.10 Å². The number of hydrogen-bond donors (Lipinski definition) is 1. The number of nitrogens with one attached hydrogen (secondary N) is 1. The predicted octanol–water partition coefficient (Wildman–Crippen LogP) is 2.32. The summed E-state index contributed by atoms with van der Waals surface area (Å²) < 4.78 is 11.7. The van der Waals surface area contributed by atoms with Crippen LogP contribution >= 0.6 is 0 Å². The van der Waals surface area contributed by atoms with Crippen molar-refractivity contribution in [1.29, 1.82) is 0 Å². The van der Waals surface area contributed by atoms with Crippen molar-refractivity contribution in [2.75, 3.05) is 20.2 Å². The quantitative estimate of drug-likeness (QED) is 0.886. The van der Waals surface area contributed by atoms with Crippen LogP contribution in [0.15, 0.2) is 18.2 Å². The zero-order valence-corrected chi connectivity index (χ0v) is 11.9. The van der Waals surface area contributed by atoms with E-state index in [2.05, 4.69) is 30.4 Å². The van der Waals surface area contributed by atoms with E-state index >= 15 is 0 Å². The van der Waals surface area contributed by atoms with Crippen molar-refractivity contribution >= 4 is 0 Å². The number of hydrogen-bond acceptors (Lipinski definition) is 3. The van der Waals surface area contributed by atoms with Crippen LogP contribution in [0.1, 0.15) is 30.9 Å². The van der Waals surface area contributed by atoms with Gasteiger partial charge in [-0.2, -0.15) is 0 Å². The Kier molecular flexibility index (Phi) is 3.50. The van der Waals surface area contributed by atoms with Gasteiger partial charge in [-0.1, -0.05) is 13.0 Å². The molecule has 1 aromatic rings. The molecule has 104 valence electrons. The molecule has 2 atom stereocenters. The molecule has 0 amide bonds. The molecule has 0 aromatic heterocycles. The highest BCUT2D eigenvalue weighted by molar-refractivity contribution is 5.38. The maximum Gasteiger partial charge on any atom is 0.119 e. The van der Waals surface area contributed by atoms with Gasteiger partial charge in [0, 0.05) is 19.5 Å². The maximum absolute atomic E-state index is 6.39. The van der Waals surface area contributed by atoms with Gasteiger partial charge in [0.25, 0.3) is 0 Å². The third-order valence-corrected chi connectivity index (χ3v) is 4.47. The minimum atomic E-state index is -0.00170. The normalized spacial score (nSPS) is 30.1. The standard InChI is InChI=1S/C16H23NO2/c1-3-14-10-17-11-16(19-14)7-6-12-4-5-15(18-2)8-13(12)9-16/h4-5,8,14,17H,3,6-7,9-11H2,1-2H3. The summed E-state index contributed by atoms with van der Waals surface area (Å²) in [7, 11) is 1.73. The van der Waals surface area contributed by atoms with Crippen LogP contribution < -0.4 is 10.1 Å². The second-order valence-corrected chi connectivity index (χ2v) is 5.77. The lowest BCUT2D eigenvalue weighted by Crippen LogP contribution is -2.56. The van der Waals surface area contributed by atoms with Crippen molar-refractivity contribution in [2.45, 2.75) is 44.3 Å². The van der Waals surface area contributed by atoms with Gasteiger partial charge in [-0.25, -0.2) is 0 Å². The molecule has 1 saturated heterocycles. The highest BCUT2D eigenvalue weighted by Crippen LogP contribution is 2.35. The van der Waals surface area contributed by atoms with E-state index < -0.39 is 0 Å². The summed E-state index contributed by atoms with van der Waals surface area (Å²) in [6.45, 7) is 4.16. The smallest absolute Gasteiger partial charge is 0.119 e. The van der Waals surface area contributed by atoms with E-state index in [0.717, 1.165) is 44.5 Å². The van der Waals surface area contributed by atoms with Gasteiger partial charge >= 0.3 is 0 Å². The average molecular weight is 261 g/mol. The molecule has 1 aliphatic carbocycles. The van der Waals surface area contributed by atoms with Crippen LogP contribution in [0.4, 0.5) is 0 Å². The zero-order valence-electron chi connectivity index (χ0n) is 11.9. The van der Waals surface area contributed by atoms with Crippen LogP contribution in [0.5, 0.6) is 5.75 Å². The van der Waals surface area contributed by atoms with E-state index in [1.165, 1.54) is 11.1 Å². The predicted molar refractivity (Wildman–Crippen MR) is 75.8 cm³/mol. The lowest BCUT2D eigenvalue weighted by Gasteiger charge is -2.44. The molecule has 0 saturated carbocycles. The fourth-order valence-electron chi connectivity index (χ4n) is 3.31. The van der Waals surface area contributed by atoms with Crippen LogP contribution in [0.2, 0.25) is 0 Å². The Labute approximate surface area is 115 Å².